The first-order valence-corrected chi connectivity index (χ1v) is 7.26. The van der Waals surface area contributed by atoms with E-state index in [0.29, 0.717) is 15.9 Å². The molecule has 5 heteroatoms. The van der Waals surface area contributed by atoms with Crippen LogP contribution in [0.15, 0.2) is 6.07 Å². The summed E-state index contributed by atoms with van der Waals surface area (Å²) >= 11 is 12.4. The largest absolute Gasteiger partial charge is 0.369 e. The predicted octanol–water partition coefficient (Wildman–Crippen LogP) is 4.06. The summed E-state index contributed by atoms with van der Waals surface area (Å²) in [6.07, 6.45) is 2.64. The lowest BCUT2D eigenvalue weighted by atomic mass is 10.3. The van der Waals surface area contributed by atoms with Crippen LogP contribution in [0.25, 0.3) is 0 Å². The Balaban J connectivity index is 2.25. The van der Waals surface area contributed by atoms with E-state index in [2.05, 4.69) is 22.1 Å². The van der Waals surface area contributed by atoms with E-state index in [-0.39, 0.29) is 0 Å². The van der Waals surface area contributed by atoms with E-state index in [1.807, 2.05) is 6.92 Å². The Morgan fingerprint density at radius 2 is 2.06 bits per heavy atom. The molecule has 18 heavy (non-hydrogen) atoms. The zero-order valence-corrected chi connectivity index (χ0v) is 12.4. The van der Waals surface area contributed by atoms with E-state index in [1.165, 1.54) is 12.8 Å². The van der Waals surface area contributed by atoms with Gasteiger partial charge in [-0.05, 0) is 38.7 Å². The molecular formula is C13H19Cl2N3. The summed E-state index contributed by atoms with van der Waals surface area (Å²) in [4.78, 5) is 6.80. The second-order valence-electron chi connectivity index (χ2n) is 4.64. The standard InChI is InChI=1S/C13H19Cl2N3/c1-3-16-12-10(14)7-11(15)13(17-12)18(4-2)8-9-5-6-9/h7,9H,3-6,8H2,1-2H3,(H,16,17). The minimum atomic E-state index is 0.577. The van der Waals surface area contributed by atoms with Crippen molar-refractivity contribution in [3.8, 4) is 0 Å². The van der Waals surface area contributed by atoms with E-state index < -0.39 is 0 Å². The van der Waals surface area contributed by atoms with Crippen molar-refractivity contribution >= 4 is 34.8 Å². The van der Waals surface area contributed by atoms with Crippen LogP contribution < -0.4 is 10.2 Å². The van der Waals surface area contributed by atoms with Gasteiger partial charge in [0.1, 0.15) is 11.6 Å². The van der Waals surface area contributed by atoms with Gasteiger partial charge in [-0.3, -0.25) is 0 Å². The molecule has 100 valence electrons. The molecule has 1 aromatic heterocycles. The second kappa shape index (κ2) is 5.98. The molecular weight excluding hydrogens is 269 g/mol. The number of rotatable bonds is 6. The van der Waals surface area contributed by atoms with Crippen molar-refractivity contribution in [2.45, 2.75) is 26.7 Å². The number of hydrogen-bond donors (Lipinski definition) is 1. The highest BCUT2D eigenvalue weighted by atomic mass is 35.5. The number of halogens is 2. The molecule has 0 amide bonds. The van der Waals surface area contributed by atoms with E-state index >= 15 is 0 Å². The third kappa shape index (κ3) is 3.21. The molecule has 0 radical (unpaired) electrons. The Bertz CT molecular complexity index is 419. The van der Waals surface area contributed by atoms with Gasteiger partial charge in [0.15, 0.2) is 0 Å². The first-order chi connectivity index (χ1) is 8.65. The minimum Gasteiger partial charge on any atom is -0.369 e. The van der Waals surface area contributed by atoms with Gasteiger partial charge in [0, 0.05) is 19.6 Å². The Hall–Kier alpha value is -0.670. The fraction of sp³-hybridized carbons (Fsp3) is 0.615. The fourth-order valence-corrected chi connectivity index (χ4v) is 2.49. The molecule has 0 unspecified atom stereocenters. The summed E-state index contributed by atoms with van der Waals surface area (Å²) < 4.78 is 0. The van der Waals surface area contributed by atoms with Crippen LogP contribution in [0.5, 0.6) is 0 Å². The molecule has 3 nitrogen and oxygen atoms in total. The smallest absolute Gasteiger partial charge is 0.149 e. The van der Waals surface area contributed by atoms with Crippen LogP contribution in [0.2, 0.25) is 10.0 Å². The number of pyridine rings is 1. The number of nitrogens with zero attached hydrogens (tertiary/aromatic N) is 2. The summed E-state index contributed by atoms with van der Waals surface area (Å²) in [5.41, 5.74) is 0. The van der Waals surface area contributed by atoms with Crippen molar-refractivity contribution in [3.05, 3.63) is 16.1 Å². The number of nitrogens with one attached hydrogen (secondary N) is 1. The van der Waals surface area contributed by atoms with Gasteiger partial charge in [0.25, 0.3) is 0 Å². The molecule has 1 heterocycles. The highest BCUT2D eigenvalue weighted by Crippen LogP contribution is 2.35. The number of hydrogen-bond acceptors (Lipinski definition) is 3. The van der Waals surface area contributed by atoms with Crippen molar-refractivity contribution in [2.24, 2.45) is 5.92 Å². The van der Waals surface area contributed by atoms with Crippen molar-refractivity contribution in [2.75, 3.05) is 29.9 Å². The van der Waals surface area contributed by atoms with Crippen molar-refractivity contribution in [1.29, 1.82) is 0 Å². The number of aromatic nitrogens is 1. The second-order valence-corrected chi connectivity index (χ2v) is 5.45. The Morgan fingerprint density at radius 1 is 1.33 bits per heavy atom. The normalized spacial score (nSPS) is 14.7. The molecule has 0 aliphatic heterocycles. The van der Waals surface area contributed by atoms with Gasteiger partial charge in [0.2, 0.25) is 0 Å². The molecule has 1 aliphatic carbocycles. The fourth-order valence-electron chi connectivity index (χ4n) is 1.95. The SMILES string of the molecule is CCNc1nc(N(CC)CC2CC2)c(Cl)cc1Cl. The van der Waals surface area contributed by atoms with Crippen LogP contribution >= 0.6 is 23.2 Å². The molecule has 0 atom stereocenters. The van der Waals surface area contributed by atoms with Gasteiger partial charge < -0.3 is 10.2 Å². The van der Waals surface area contributed by atoms with Gasteiger partial charge in [-0.1, -0.05) is 23.2 Å². The molecule has 0 bridgehead atoms. The van der Waals surface area contributed by atoms with Crippen LogP contribution in [-0.4, -0.2) is 24.6 Å². The monoisotopic (exact) mass is 287 g/mol. The lowest BCUT2D eigenvalue weighted by Crippen LogP contribution is -2.26. The van der Waals surface area contributed by atoms with Gasteiger partial charge in [-0.25, -0.2) is 4.98 Å². The average molecular weight is 288 g/mol. The Kier molecular flexibility index (Phi) is 4.57. The zero-order chi connectivity index (χ0) is 13.1. The minimum absolute atomic E-state index is 0.577. The summed E-state index contributed by atoms with van der Waals surface area (Å²) in [7, 11) is 0. The topological polar surface area (TPSA) is 28.2 Å². The van der Waals surface area contributed by atoms with E-state index in [9.17, 15) is 0 Å². The molecule has 2 rings (SSSR count). The Morgan fingerprint density at radius 3 is 2.61 bits per heavy atom. The molecule has 1 N–H and O–H groups in total. The highest BCUT2D eigenvalue weighted by molar-refractivity contribution is 6.37. The van der Waals surface area contributed by atoms with Crippen LogP contribution in [0.4, 0.5) is 11.6 Å². The summed E-state index contributed by atoms with van der Waals surface area (Å²) in [5.74, 6) is 2.36. The summed E-state index contributed by atoms with van der Waals surface area (Å²) in [5, 5.41) is 4.37. The zero-order valence-electron chi connectivity index (χ0n) is 10.8. The van der Waals surface area contributed by atoms with Crippen LogP contribution in [0.1, 0.15) is 26.7 Å². The van der Waals surface area contributed by atoms with Crippen molar-refractivity contribution in [3.63, 3.8) is 0 Å². The molecule has 1 saturated carbocycles. The third-order valence-corrected chi connectivity index (χ3v) is 3.68. The molecule has 1 fully saturated rings. The lowest BCUT2D eigenvalue weighted by molar-refractivity contribution is 0.732. The lowest BCUT2D eigenvalue weighted by Gasteiger charge is -2.24. The third-order valence-electron chi connectivity index (χ3n) is 3.11. The maximum atomic E-state index is 6.26. The van der Waals surface area contributed by atoms with Crippen LogP contribution in [0.3, 0.4) is 0 Å². The van der Waals surface area contributed by atoms with Gasteiger partial charge in [-0.2, -0.15) is 0 Å². The average Bonchev–Trinajstić information content (AvgIpc) is 3.14. The summed E-state index contributed by atoms with van der Waals surface area (Å²) in [6.45, 7) is 6.89. The van der Waals surface area contributed by atoms with Crippen LogP contribution in [0, 0.1) is 5.92 Å². The van der Waals surface area contributed by atoms with Crippen molar-refractivity contribution in [1.82, 2.24) is 4.98 Å². The van der Waals surface area contributed by atoms with Gasteiger partial charge in [-0.15, -0.1) is 0 Å². The van der Waals surface area contributed by atoms with E-state index in [4.69, 9.17) is 23.2 Å². The molecule has 0 aromatic carbocycles. The molecule has 1 aliphatic rings. The summed E-state index contributed by atoms with van der Waals surface area (Å²) in [6, 6.07) is 1.78. The maximum Gasteiger partial charge on any atom is 0.149 e. The maximum absolute atomic E-state index is 6.26. The van der Waals surface area contributed by atoms with Crippen molar-refractivity contribution < 1.29 is 0 Å². The highest BCUT2D eigenvalue weighted by Gasteiger charge is 2.25. The quantitative estimate of drug-likeness (QED) is 0.855. The first-order valence-electron chi connectivity index (χ1n) is 6.50. The van der Waals surface area contributed by atoms with Gasteiger partial charge >= 0.3 is 0 Å². The van der Waals surface area contributed by atoms with Gasteiger partial charge in [0.05, 0.1) is 10.0 Å². The molecule has 0 spiro atoms. The van der Waals surface area contributed by atoms with E-state index in [0.717, 1.165) is 31.4 Å². The predicted molar refractivity (Wildman–Crippen MR) is 79.0 cm³/mol. The number of anilines is 2. The van der Waals surface area contributed by atoms with E-state index in [1.54, 1.807) is 6.07 Å². The first kappa shape index (κ1) is 13.8. The van der Waals surface area contributed by atoms with Crippen LogP contribution in [-0.2, 0) is 0 Å². The molecule has 0 saturated heterocycles. The molecule has 1 aromatic rings. The Labute approximate surface area is 118 Å².